The number of aryl methyl sites for hydroxylation is 1. The summed E-state index contributed by atoms with van der Waals surface area (Å²) >= 11 is 0. The van der Waals surface area contributed by atoms with Crippen molar-refractivity contribution in [3.8, 4) is 17.6 Å². The third-order valence-electron chi connectivity index (χ3n) is 3.66. The van der Waals surface area contributed by atoms with Crippen LogP contribution in [0.5, 0.6) is 11.5 Å². The number of nitrogens with zero attached hydrogens (tertiary/aromatic N) is 1. The molecule has 6 heteroatoms. The molecule has 0 aliphatic carbocycles. The summed E-state index contributed by atoms with van der Waals surface area (Å²) < 4.78 is 24.2. The van der Waals surface area contributed by atoms with E-state index in [0.717, 1.165) is 0 Å². The van der Waals surface area contributed by atoms with E-state index in [1.54, 1.807) is 31.2 Å². The molecule has 5 nitrogen and oxygen atoms in total. The third kappa shape index (κ3) is 3.78. The van der Waals surface area contributed by atoms with Crippen molar-refractivity contribution >= 4 is 17.7 Å². The second kappa shape index (κ2) is 7.05. The van der Waals surface area contributed by atoms with Gasteiger partial charge in [-0.1, -0.05) is 6.07 Å². The molecular formula is C19H15FN2O3. The molecule has 126 valence electrons. The molecule has 0 aromatic heterocycles. The van der Waals surface area contributed by atoms with Gasteiger partial charge in [0.1, 0.15) is 30.7 Å². The molecule has 3 rings (SSSR count). The number of rotatable bonds is 3. The van der Waals surface area contributed by atoms with Crippen LogP contribution in [0.15, 0.2) is 42.0 Å². The molecule has 1 aliphatic rings. The van der Waals surface area contributed by atoms with Gasteiger partial charge in [0.2, 0.25) is 0 Å². The summed E-state index contributed by atoms with van der Waals surface area (Å²) in [6.45, 7) is 2.54. The molecule has 0 saturated carbocycles. The van der Waals surface area contributed by atoms with Gasteiger partial charge >= 0.3 is 0 Å². The Hall–Kier alpha value is -3.33. The molecule has 1 aliphatic heterocycles. The number of halogens is 1. The smallest absolute Gasteiger partial charge is 0.266 e. The summed E-state index contributed by atoms with van der Waals surface area (Å²) in [6, 6.07) is 11.3. The van der Waals surface area contributed by atoms with Crippen molar-refractivity contribution in [3.05, 3.63) is 58.9 Å². The molecule has 1 heterocycles. The lowest BCUT2D eigenvalue weighted by atomic mass is 10.1. The molecule has 0 unspecified atom stereocenters. The highest BCUT2D eigenvalue weighted by Gasteiger charge is 2.14. The zero-order valence-electron chi connectivity index (χ0n) is 13.5. The number of nitrogens with one attached hydrogen (secondary N) is 1. The van der Waals surface area contributed by atoms with Crippen molar-refractivity contribution in [1.29, 1.82) is 5.26 Å². The number of hydrogen-bond donors (Lipinski definition) is 1. The Bertz CT molecular complexity index is 900. The van der Waals surface area contributed by atoms with Crippen LogP contribution < -0.4 is 14.8 Å². The third-order valence-corrected chi connectivity index (χ3v) is 3.66. The van der Waals surface area contributed by atoms with Gasteiger partial charge in [-0.15, -0.1) is 0 Å². The minimum atomic E-state index is -0.554. The van der Waals surface area contributed by atoms with Gasteiger partial charge in [-0.25, -0.2) is 4.39 Å². The maximum absolute atomic E-state index is 13.3. The maximum atomic E-state index is 13.3. The van der Waals surface area contributed by atoms with Crippen LogP contribution in [0.1, 0.15) is 11.1 Å². The summed E-state index contributed by atoms with van der Waals surface area (Å²) in [4.78, 5) is 12.3. The second-order valence-corrected chi connectivity index (χ2v) is 5.49. The van der Waals surface area contributed by atoms with Crippen LogP contribution in [0.2, 0.25) is 0 Å². The minimum absolute atomic E-state index is 0.0825. The molecule has 25 heavy (non-hydrogen) atoms. The van der Waals surface area contributed by atoms with Crippen molar-refractivity contribution < 1.29 is 18.7 Å². The molecule has 2 aromatic carbocycles. The number of amides is 1. The van der Waals surface area contributed by atoms with E-state index in [1.165, 1.54) is 18.2 Å². The zero-order valence-corrected chi connectivity index (χ0v) is 13.5. The lowest BCUT2D eigenvalue weighted by molar-refractivity contribution is -0.112. The number of carbonyl (C=O) groups excluding carboxylic acids is 1. The monoisotopic (exact) mass is 338 g/mol. The average Bonchev–Trinajstić information content (AvgIpc) is 2.62. The first-order valence-electron chi connectivity index (χ1n) is 7.66. The standard InChI is InChI=1S/C19H15FN2O3/c1-12-8-13(2-4-16(12)20)9-14(11-21)19(23)22-15-3-5-17-18(10-15)25-7-6-24-17/h2-5,8-10H,6-7H2,1H3,(H,22,23)/b14-9-. The number of hydrogen-bond acceptors (Lipinski definition) is 4. The van der Waals surface area contributed by atoms with Crippen molar-refractivity contribution in [2.24, 2.45) is 0 Å². The summed E-state index contributed by atoms with van der Waals surface area (Å²) in [5.74, 6) is 0.264. The normalized spacial score (nSPS) is 13.1. The number of benzene rings is 2. The Labute approximate surface area is 144 Å². The molecule has 2 aromatic rings. The van der Waals surface area contributed by atoms with Crippen LogP contribution in [-0.4, -0.2) is 19.1 Å². The Balaban J connectivity index is 1.79. The van der Waals surface area contributed by atoms with Gasteiger partial charge in [-0.2, -0.15) is 5.26 Å². The van der Waals surface area contributed by atoms with Crippen LogP contribution in [0.3, 0.4) is 0 Å². The van der Waals surface area contributed by atoms with Gasteiger partial charge in [0.25, 0.3) is 5.91 Å². The highest BCUT2D eigenvalue weighted by Crippen LogP contribution is 2.32. The van der Waals surface area contributed by atoms with Crippen LogP contribution in [-0.2, 0) is 4.79 Å². The highest BCUT2D eigenvalue weighted by molar-refractivity contribution is 6.09. The highest BCUT2D eigenvalue weighted by atomic mass is 19.1. The Morgan fingerprint density at radius 2 is 1.96 bits per heavy atom. The summed E-state index contributed by atoms with van der Waals surface area (Å²) in [5.41, 5.74) is 1.43. The number of nitriles is 1. The van der Waals surface area contributed by atoms with E-state index >= 15 is 0 Å². The Morgan fingerprint density at radius 3 is 2.68 bits per heavy atom. The maximum Gasteiger partial charge on any atom is 0.266 e. The van der Waals surface area contributed by atoms with Gasteiger partial charge in [0.15, 0.2) is 11.5 Å². The number of anilines is 1. The summed E-state index contributed by atoms with van der Waals surface area (Å²) in [7, 11) is 0. The predicted octanol–water partition coefficient (Wildman–Crippen LogP) is 3.45. The first kappa shape index (κ1) is 16.5. The second-order valence-electron chi connectivity index (χ2n) is 5.49. The molecular weight excluding hydrogens is 323 g/mol. The van der Waals surface area contributed by atoms with E-state index in [-0.39, 0.29) is 11.4 Å². The van der Waals surface area contributed by atoms with Crippen LogP contribution in [0, 0.1) is 24.1 Å². The average molecular weight is 338 g/mol. The van der Waals surface area contributed by atoms with Crippen molar-refractivity contribution in [1.82, 2.24) is 0 Å². The molecule has 0 radical (unpaired) electrons. The predicted molar refractivity (Wildman–Crippen MR) is 90.8 cm³/mol. The van der Waals surface area contributed by atoms with Crippen LogP contribution in [0.25, 0.3) is 6.08 Å². The fourth-order valence-corrected chi connectivity index (χ4v) is 2.39. The van der Waals surface area contributed by atoms with Crippen molar-refractivity contribution in [3.63, 3.8) is 0 Å². The van der Waals surface area contributed by atoms with Gasteiger partial charge < -0.3 is 14.8 Å². The van der Waals surface area contributed by atoms with E-state index in [2.05, 4.69) is 5.32 Å². The molecule has 0 bridgehead atoms. The van der Waals surface area contributed by atoms with E-state index in [4.69, 9.17) is 9.47 Å². The van der Waals surface area contributed by atoms with E-state index in [9.17, 15) is 14.4 Å². The lowest BCUT2D eigenvalue weighted by Gasteiger charge is -2.18. The van der Waals surface area contributed by atoms with Gasteiger partial charge in [-0.3, -0.25) is 4.79 Å². The molecule has 1 amide bonds. The minimum Gasteiger partial charge on any atom is -0.486 e. The van der Waals surface area contributed by atoms with Gasteiger partial charge in [-0.05, 0) is 48.4 Å². The molecule has 0 saturated heterocycles. The zero-order chi connectivity index (χ0) is 17.8. The first-order valence-corrected chi connectivity index (χ1v) is 7.66. The molecule has 1 N–H and O–H groups in total. The quantitative estimate of drug-likeness (QED) is 0.687. The topological polar surface area (TPSA) is 71.4 Å². The van der Waals surface area contributed by atoms with Gasteiger partial charge in [0, 0.05) is 11.8 Å². The van der Waals surface area contributed by atoms with E-state index in [0.29, 0.717) is 41.5 Å². The first-order chi connectivity index (χ1) is 12.1. The van der Waals surface area contributed by atoms with Crippen LogP contribution in [0.4, 0.5) is 10.1 Å². The number of carbonyl (C=O) groups is 1. The van der Waals surface area contributed by atoms with Crippen LogP contribution >= 0.6 is 0 Å². The lowest BCUT2D eigenvalue weighted by Crippen LogP contribution is -2.17. The fourth-order valence-electron chi connectivity index (χ4n) is 2.39. The van der Waals surface area contributed by atoms with E-state index in [1.807, 2.05) is 6.07 Å². The number of ether oxygens (including phenoxy) is 2. The summed E-state index contributed by atoms with van der Waals surface area (Å²) in [6.07, 6.45) is 1.42. The molecule has 0 fully saturated rings. The van der Waals surface area contributed by atoms with Gasteiger partial charge in [0.05, 0.1) is 0 Å². The molecule has 0 spiro atoms. The van der Waals surface area contributed by atoms with Crippen molar-refractivity contribution in [2.75, 3.05) is 18.5 Å². The number of fused-ring (bicyclic) bond motifs is 1. The molecule has 0 atom stereocenters. The largest absolute Gasteiger partial charge is 0.486 e. The fraction of sp³-hybridized carbons (Fsp3) is 0.158. The summed E-state index contributed by atoms with van der Waals surface area (Å²) in [5, 5.41) is 11.9. The van der Waals surface area contributed by atoms with Crippen molar-refractivity contribution in [2.45, 2.75) is 6.92 Å². The van der Waals surface area contributed by atoms with E-state index < -0.39 is 5.91 Å². The SMILES string of the molecule is Cc1cc(/C=C(/C#N)C(=O)Nc2ccc3c(c2)OCCO3)ccc1F. The Kier molecular flexibility index (Phi) is 4.66. The Morgan fingerprint density at radius 1 is 1.20 bits per heavy atom.